The van der Waals surface area contributed by atoms with Crippen molar-refractivity contribution in [3.8, 4) is 11.5 Å². The fourth-order valence-electron chi connectivity index (χ4n) is 3.46. The fourth-order valence-corrected chi connectivity index (χ4v) is 4.84. The van der Waals surface area contributed by atoms with E-state index in [1.54, 1.807) is 19.2 Å². The average molecular weight is 483 g/mol. The predicted molar refractivity (Wildman–Crippen MR) is 131 cm³/mol. The maximum absolute atomic E-state index is 13.5. The number of carbonyl (C=O) groups is 1. The molecule has 0 radical (unpaired) electrons. The van der Waals surface area contributed by atoms with Crippen LogP contribution in [-0.2, 0) is 21.4 Å². The first-order chi connectivity index (χ1) is 16.3. The topological polar surface area (TPSA) is 84.9 Å². The molecule has 0 aliphatic rings. The smallest absolute Gasteiger partial charge is 0.243 e. The van der Waals surface area contributed by atoms with Crippen molar-refractivity contribution in [2.24, 2.45) is 0 Å². The molecule has 0 aromatic heterocycles. The van der Waals surface area contributed by atoms with Crippen molar-refractivity contribution in [2.75, 3.05) is 20.3 Å². The molecule has 3 aromatic carbocycles. The average Bonchev–Trinajstić information content (AvgIpc) is 2.85. The zero-order chi connectivity index (χ0) is 24.6. The molecule has 1 amide bonds. The number of rotatable bonds is 11. The minimum Gasteiger partial charge on any atom is -0.497 e. The minimum atomic E-state index is -3.94. The Labute approximate surface area is 201 Å². The van der Waals surface area contributed by atoms with Gasteiger partial charge in [-0.15, -0.1) is 0 Å². The maximum Gasteiger partial charge on any atom is 0.243 e. The second-order valence-electron chi connectivity index (χ2n) is 7.73. The van der Waals surface area contributed by atoms with E-state index in [-0.39, 0.29) is 24.0 Å². The van der Waals surface area contributed by atoms with Crippen LogP contribution in [0, 0.1) is 0 Å². The van der Waals surface area contributed by atoms with E-state index in [0.717, 1.165) is 16.9 Å². The molecule has 34 heavy (non-hydrogen) atoms. The Morgan fingerprint density at radius 2 is 1.56 bits per heavy atom. The molecular weight excluding hydrogens is 452 g/mol. The summed E-state index contributed by atoms with van der Waals surface area (Å²) in [5.74, 6) is 0.911. The number of amides is 1. The highest BCUT2D eigenvalue weighted by atomic mass is 32.2. The van der Waals surface area contributed by atoms with Gasteiger partial charge in [-0.05, 0) is 61.4 Å². The second-order valence-corrected chi connectivity index (χ2v) is 9.66. The molecule has 1 atom stereocenters. The van der Waals surface area contributed by atoms with E-state index in [1.807, 2.05) is 68.4 Å². The molecule has 0 spiro atoms. The van der Waals surface area contributed by atoms with Crippen LogP contribution < -0.4 is 14.8 Å². The number of methoxy groups -OCH3 is 1. The summed E-state index contributed by atoms with van der Waals surface area (Å²) in [4.78, 5) is 13.0. The first-order valence-electron chi connectivity index (χ1n) is 11.0. The van der Waals surface area contributed by atoms with Crippen LogP contribution >= 0.6 is 0 Å². The number of benzene rings is 3. The van der Waals surface area contributed by atoms with Gasteiger partial charge in [-0.2, -0.15) is 4.31 Å². The lowest BCUT2D eigenvalue weighted by atomic mass is 10.1. The lowest BCUT2D eigenvalue weighted by molar-refractivity contribution is -0.122. The highest BCUT2D eigenvalue weighted by Gasteiger charge is 2.27. The van der Waals surface area contributed by atoms with Crippen LogP contribution in [0.2, 0.25) is 0 Å². The fraction of sp³-hybridized carbons (Fsp3) is 0.269. The Morgan fingerprint density at radius 3 is 2.15 bits per heavy atom. The van der Waals surface area contributed by atoms with Crippen molar-refractivity contribution in [3.63, 3.8) is 0 Å². The first-order valence-corrected chi connectivity index (χ1v) is 12.5. The van der Waals surface area contributed by atoms with Gasteiger partial charge in [0.25, 0.3) is 0 Å². The Kier molecular flexibility index (Phi) is 8.67. The molecule has 0 bridgehead atoms. The number of nitrogens with one attached hydrogen (secondary N) is 1. The third kappa shape index (κ3) is 6.59. The summed E-state index contributed by atoms with van der Waals surface area (Å²) in [5.41, 5.74) is 1.67. The van der Waals surface area contributed by atoms with Gasteiger partial charge >= 0.3 is 0 Å². The molecule has 3 aromatic rings. The monoisotopic (exact) mass is 482 g/mol. The van der Waals surface area contributed by atoms with Crippen LogP contribution in [0.1, 0.15) is 31.0 Å². The van der Waals surface area contributed by atoms with Crippen molar-refractivity contribution < 1.29 is 22.7 Å². The SMILES string of the molecule is CCOc1ccc(S(=O)(=O)N(CC(=O)N[C@@H](C)c2ccc(OC)cc2)Cc2ccccc2)cc1. The molecule has 0 heterocycles. The van der Waals surface area contributed by atoms with Crippen LogP contribution in [0.15, 0.2) is 83.8 Å². The lowest BCUT2D eigenvalue weighted by Crippen LogP contribution is -2.41. The highest BCUT2D eigenvalue weighted by molar-refractivity contribution is 7.89. The van der Waals surface area contributed by atoms with Gasteiger partial charge in [0.05, 0.1) is 31.2 Å². The summed E-state index contributed by atoms with van der Waals surface area (Å²) >= 11 is 0. The molecule has 0 aliphatic heterocycles. The highest BCUT2D eigenvalue weighted by Crippen LogP contribution is 2.22. The van der Waals surface area contributed by atoms with Gasteiger partial charge in [0.1, 0.15) is 11.5 Å². The van der Waals surface area contributed by atoms with E-state index in [9.17, 15) is 13.2 Å². The quantitative estimate of drug-likeness (QED) is 0.444. The van der Waals surface area contributed by atoms with Crippen molar-refractivity contribution in [1.82, 2.24) is 9.62 Å². The van der Waals surface area contributed by atoms with Gasteiger partial charge in [-0.25, -0.2) is 8.42 Å². The van der Waals surface area contributed by atoms with Gasteiger partial charge < -0.3 is 14.8 Å². The van der Waals surface area contributed by atoms with Crippen LogP contribution in [0.25, 0.3) is 0 Å². The van der Waals surface area contributed by atoms with Crippen LogP contribution in [0.5, 0.6) is 11.5 Å². The molecule has 8 heteroatoms. The lowest BCUT2D eigenvalue weighted by Gasteiger charge is -2.23. The Hall–Kier alpha value is -3.36. The summed E-state index contributed by atoms with van der Waals surface area (Å²) in [6, 6.07) is 22.5. The van der Waals surface area contributed by atoms with Crippen LogP contribution in [0.3, 0.4) is 0 Å². The van der Waals surface area contributed by atoms with Crippen LogP contribution in [-0.4, -0.2) is 38.9 Å². The molecular formula is C26H30N2O5S. The zero-order valence-corrected chi connectivity index (χ0v) is 20.4. The number of ether oxygens (including phenoxy) is 2. The summed E-state index contributed by atoms with van der Waals surface area (Å²) in [6.45, 7) is 3.95. The molecule has 0 saturated heterocycles. The first kappa shape index (κ1) is 25.3. The van der Waals surface area contributed by atoms with E-state index in [1.165, 1.54) is 16.4 Å². The van der Waals surface area contributed by atoms with Gasteiger partial charge in [0.2, 0.25) is 15.9 Å². The van der Waals surface area contributed by atoms with Gasteiger partial charge in [-0.1, -0.05) is 42.5 Å². The third-order valence-corrected chi connectivity index (χ3v) is 7.09. The maximum atomic E-state index is 13.5. The van der Waals surface area contributed by atoms with Crippen molar-refractivity contribution in [1.29, 1.82) is 0 Å². The van der Waals surface area contributed by atoms with Gasteiger partial charge in [0.15, 0.2) is 0 Å². The van der Waals surface area contributed by atoms with Crippen molar-refractivity contribution in [2.45, 2.75) is 31.3 Å². The third-order valence-electron chi connectivity index (χ3n) is 5.29. The molecule has 0 saturated carbocycles. The second kappa shape index (κ2) is 11.7. The normalized spacial score (nSPS) is 12.2. The number of hydrogen-bond acceptors (Lipinski definition) is 5. The summed E-state index contributed by atoms with van der Waals surface area (Å²) in [7, 11) is -2.35. The molecule has 0 unspecified atom stereocenters. The minimum absolute atomic E-state index is 0.0702. The molecule has 180 valence electrons. The molecule has 1 N–H and O–H groups in total. The van der Waals surface area contributed by atoms with Gasteiger partial charge in [-0.3, -0.25) is 4.79 Å². The summed E-state index contributed by atoms with van der Waals surface area (Å²) in [6.07, 6.45) is 0. The molecule has 0 aliphatic carbocycles. The molecule has 7 nitrogen and oxygen atoms in total. The van der Waals surface area contributed by atoms with E-state index < -0.39 is 15.9 Å². The predicted octanol–water partition coefficient (Wildman–Crippen LogP) is 4.16. The zero-order valence-electron chi connectivity index (χ0n) is 19.6. The summed E-state index contributed by atoms with van der Waals surface area (Å²) < 4.78 is 38.7. The number of nitrogens with zero attached hydrogens (tertiary/aromatic N) is 1. The van der Waals surface area contributed by atoms with E-state index in [4.69, 9.17) is 9.47 Å². The van der Waals surface area contributed by atoms with Gasteiger partial charge in [0, 0.05) is 6.54 Å². The number of hydrogen-bond donors (Lipinski definition) is 1. The Bertz CT molecular complexity index is 1160. The summed E-state index contributed by atoms with van der Waals surface area (Å²) in [5, 5.41) is 2.89. The Morgan fingerprint density at radius 1 is 0.941 bits per heavy atom. The molecule has 3 rings (SSSR count). The standard InChI is InChI=1S/C26H30N2O5S/c1-4-33-24-14-16-25(17-15-24)34(30,31)28(18-21-8-6-5-7-9-21)19-26(29)27-20(2)22-10-12-23(32-3)13-11-22/h5-17,20H,4,18-19H2,1-3H3,(H,27,29)/t20-/m0/s1. The largest absolute Gasteiger partial charge is 0.497 e. The molecule has 0 fully saturated rings. The Balaban J connectivity index is 1.79. The van der Waals surface area contributed by atoms with Crippen molar-refractivity contribution in [3.05, 3.63) is 90.0 Å². The van der Waals surface area contributed by atoms with Crippen molar-refractivity contribution >= 4 is 15.9 Å². The van der Waals surface area contributed by atoms with E-state index in [2.05, 4.69) is 5.32 Å². The van der Waals surface area contributed by atoms with Crippen LogP contribution in [0.4, 0.5) is 0 Å². The van der Waals surface area contributed by atoms with E-state index >= 15 is 0 Å². The number of sulfonamides is 1. The number of carbonyl (C=O) groups excluding carboxylic acids is 1. The van der Waals surface area contributed by atoms with E-state index in [0.29, 0.717) is 12.4 Å².